The van der Waals surface area contributed by atoms with Gasteiger partial charge in [-0.2, -0.15) is 13.2 Å². The van der Waals surface area contributed by atoms with E-state index in [-0.39, 0.29) is 17.8 Å². The maximum atomic E-state index is 12.8. The molecule has 0 bridgehead atoms. The molecule has 0 radical (unpaired) electrons. The van der Waals surface area contributed by atoms with Crippen LogP contribution in [0, 0.1) is 12.3 Å². The highest BCUT2D eigenvalue weighted by atomic mass is 35.5. The van der Waals surface area contributed by atoms with Gasteiger partial charge in [-0.05, 0) is 55.3 Å². The van der Waals surface area contributed by atoms with Gasteiger partial charge in [0.2, 0.25) is 5.82 Å². The summed E-state index contributed by atoms with van der Waals surface area (Å²) in [5.41, 5.74) is 1.47. The molecule has 2 aliphatic rings. The summed E-state index contributed by atoms with van der Waals surface area (Å²) >= 11 is 1.66. The molecule has 1 aromatic carbocycles. The Bertz CT molecular complexity index is 1120. The number of aryl methyl sites for hydroxylation is 1. The molecule has 0 unspecified atom stereocenters. The van der Waals surface area contributed by atoms with E-state index in [2.05, 4.69) is 20.1 Å². The summed E-state index contributed by atoms with van der Waals surface area (Å²) < 4.78 is 45.8. The van der Waals surface area contributed by atoms with Crippen molar-refractivity contribution >= 4 is 24.2 Å². The van der Waals surface area contributed by atoms with Crippen LogP contribution in [0.15, 0.2) is 40.2 Å². The molecule has 1 saturated heterocycles. The molecule has 1 saturated carbocycles. The average Bonchev–Trinajstić information content (AvgIpc) is 3.02. The molecular formula is C22H25ClF3N5OS. The number of likely N-dealkylation sites (tertiary alicyclic amines) is 1. The summed E-state index contributed by atoms with van der Waals surface area (Å²) in [4.78, 5) is 6.56. The molecule has 0 N–H and O–H groups in total. The third-order valence-corrected chi connectivity index (χ3v) is 7.72. The second kappa shape index (κ2) is 8.96. The minimum Gasteiger partial charge on any atom is -0.440 e. The zero-order chi connectivity index (χ0) is 22.5. The molecule has 1 aliphatic heterocycles. The highest BCUT2D eigenvalue weighted by molar-refractivity contribution is 7.99. The number of thioether (sulfide) groups is 1. The maximum Gasteiger partial charge on any atom is 0.416 e. The fraction of sp³-hybridized carbons (Fsp3) is 0.500. The van der Waals surface area contributed by atoms with E-state index in [1.165, 1.54) is 18.5 Å². The van der Waals surface area contributed by atoms with Gasteiger partial charge < -0.3 is 13.9 Å². The van der Waals surface area contributed by atoms with Crippen LogP contribution in [-0.2, 0) is 13.2 Å². The Morgan fingerprint density at radius 3 is 2.64 bits per heavy atom. The lowest BCUT2D eigenvalue weighted by Gasteiger charge is -2.16. The highest BCUT2D eigenvalue weighted by Crippen LogP contribution is 2.64. The summed E-state index contributed by atoms with van der Waals surface area (Å²) in [6, 6.07) is 5.73. The summed E-state index contributed by atoms with van der Waals surface area (Å²) in [5, 5.41) is 9.36. The van der Waals surface area contributed by atoms with Crippen molar-refractivity contribution in [2.75, 3.05) is 25.4 Å². The lowest BCUT2D eigenvalue weighted by Crippen LogP contribution is -2.24. The van der Waals surface area contributed by atoms with Gasteiger partial charge in [-0.3, -0.25) is 0 Å². The van der Waals surface area contributed by atoms with E-state index < -0.39 is 11.7 Å². The molecule has 0 amide bonds. The highest BCUT2D eigenvalue weighted by Gasteiger charge is 2.57. The van der Waals surface area contributed by atoms with Crippen molar-refractivity contribution in [2.45, 2.75) is 37.0 Å². The van der Waals surface area contributed by atoms with E-state index in [9.17, 15) is 13.2 Å². The van der Waals surface area contributed by atoms with Gasteiger partial charge >= 0.3 is 6.18 Å². The number of alkyl halides is 3. The largest absolute Gasteiger partial charge is 0.440 e. The predicted octanol–water partition coefficient (Wildman–Crippen LogP) is 5.19. The van der Waals surface area contributed by atoms with E-state index in [4.69, 9.17) is 4.42 Å². The summed E-state index contributed by atoms with van der Waals surface area (Å²) in [7, 11) is 1.92. The van der Waals surface area contributed by atoms with Crippen molar-refractivity contribution in [1.29, 1.82) is 0 Å². The lowest BCUT2D eigenvalue weighted by atomic mass is 9.97. The molecule has 11 heteroatoms. The van der Waals surface area contributed by atoms with Crippen molar-refractivity contribution in [3.05, 3.63) is 47.5 Å². The van der Waals surface area contributed by atoms with Gasteiger partial charge in [-0.25, -0.2) is 4.98 Å². The minimum absolute atomic E-state index is 0. The number of rotatable bonds is 6. The average molecular weight is 500 g/mol. The molecule has 2 fully saturated rings. The zero-order valence-electron chi connectivity index (χ0n) is 18.3. The number of nitrogens with zero attached hydrogens (tertiary/aromatic N) is 5. The first-order valence-electron chi connectivity index (χ1n) is 10.6. The number of aromatic nitrogens is 4. The minimum atomic E-state index is -4.28. The first-order valence-corrected chi connectivity index (χ1v) is 11.6. The summed E-state index contributed by atoms with van der Waals surface area (Å²) in [6.07, 6.45) is -0.711. The third-order valence-electron chi connectivity index (χ3n) is 6.72. The normalized spacial score (nSPS) is 22.6. The van der Waals surface area contributed by atoms with Crippen molar-refractivity contribution in [3.8, 4) is 11.6 Å². The first-order chi connectivity index (χ1) is 15.3. The maximum absolute atomic E-state index is 12.8. The molecule has 2 atom stereocenters. The number of benzene rings is 1. The molecule has 6 nitrogen and oxygen atoms in total. The Morgan fingerprint density at radius 2 is 1.97 bits per heavy atom. The number of hydrogen-bond acceptors (Lipinski definition) is 6. The smallest absolute Gasteiger partial charge is 0.416 e. The van der Waals surface area contributed by atoms with E-state index in [1.807, 2.05) is 18.5 Å². The second-order valence-electron chi connectivity index (χ2n) is 8.75. The number of halogens is 4. The Labute approximate surface area is 200 Å². The fourth-order valence-corrected chi connectivity index (χ4v) is 5.68. The number of oxazole rings is 1. The molecule has 3 aromatic rings. The van der Waals surface area contributed by atoms with E-state index in [0.717, 1.165) is 54.6 Å². The van der Waals surface area contributed by atoms with Crippen LogP contribution in [0.1, 0.15) is 35.6 Å². The van der Waals surface area contributed by atoms with Crippen molar-refractivity contribution in [1.82, 2.24) is 24.6 Å². The van der Waals surface area contributed by atoms with E-state index in [0.29, 0.717) is 17.5 Å². The second-order valence-corrected chi connectivity index (χ2v) is 9.81. The van der Waals surface area contributed by atoms with Gasteiger partial charge in [0.15, 0.2) is 17.3 Å². The van der Waals surface area contributed by atoms with Crippen LogP contribution in [0.25, 0.3) is 11.6 Å². The van der Waals surface area contributed by atoms with Crippen LogP contribution >= 0.6 is 24.2 Å². The zero-order valence-corrected chi connectivity index (χ0v) is 19.9. The standard InChI is InChI=1S/C22H24F3N5OS.ClH/c1-14-18(31-13-26-14)19-27-28-20(29(19)2)32-10-9-30-8-7-21(12-30)11-17(21)15-3-5-16(6-4-15)22(23,24)25;/h3-6,13,17H,7-12H2,1-2H3;1H/t17-,21-;/m0./s1. The van der Waals surface area contributed by atoms with Gasteiger partial charge in [0.1, 0.15) is 0 Å². The third kappa shape index (κ3) is 4.65. The van der Waals surface area contributed by atoms with E-state index >= 15 is 0 Å². The Kier molecular flexibility index (Phi) is 6.54. The summed E-state index contributed by atoms with van der Waals surface area (Å²) in [5.74, 6) is 2.56. The quantitative estimate of drug-likeness (QED) is 0.435. The Balaban J connectivity index is 0.00000259. The monoisotopic (exact) mass is 499 g/mol. The van der Waals surface area contributed by atoms with Crippen molar-refractivity contribution < 1.29 is 17.6 Å². The van der Waals surface area contributed by atoms with Gasteiger partial charge in [0.25, 0.3) is 0 Å². The lowest BCUT2D eigenvalue weighted by molar-refractivity contribution is -0.137. The van der Waals surface area contributed by atoms with E-state index in [1.54, 1.807) is 23.9 Å². The SMILES string of the molecule is Cc1ncoc1-c1nnc(SCCN2CC[C@]3(C[C@H]3c3ccc(C(F)(F)F)cc3)C2)n1C.Cl. The Hall–Kier alpha value is -2.04. The van der Waals surface area contributed by atoms with Crippen LogP contribution in [-0.4, -0.2) is 50.0 Å². The predicted molar refractivity (Wildman–Crippen MR) is 122 cm³/mol. The molecule has 3 heterocycles. The van der Waals surface area contributed by atoms with Gasteiger partial charge in [-0.1, -0.05) is 23.9 Å². The van der Waals surface area contributed by atoms with Crippen LogP contribution in [0.4, 0.5) is 13.2 Å². The van der Waals surface area contributed by atoms with Crippen LogP contribution in [0.5, 0.6) is 0 Å². The molecular weight excluding hydrogens is 475 g/mol. The Morgan fingerprint density at radius 1 is 1.21 bits per heavy atom. The molecule has 178 valence electrons. The van der Waals surface area contributed by atoms with Crippen molar-refractivity contribution in [2.24, 2.45) is 12.5 Å². The van der Waals surface area contributed by atoms with Gasteiger partial charge in [-0.15, -0.1) is 22.6 Å². The van der Waals surface area contributed by atoms with Crippen LogP contribution in [0.2, 0.25) is 0 Å². The fourth-order valence-electron chi connectivity index (χ4n) is 4.77. The number of hydrogen-bond donors (Lipinski definition) is 0. The first kappa shape index (κ1) is 24.1. The van der Waals surface area contributed by atoms with Crippen LogP contribution < -0.4 is 0 Å². The molecule has 1 spiro atoms. The molecule has 1 aliphatic carbocycles. The molecule has 33 heavy (non-hydrogen) atoms. The van der Waals surface area contributed by atoms with Crippen molar-refractivity contribution in [3.63, 3.8) is 0 Å². The van der Waals surface area contributed by atoms with Gasteiger partial charge in [0.05, 0.1) is 11.3 Å². The summed E-state index contributed by atoms with van der Waals surface area (Å²) in [6.45, 7) is 4.84. The molecule has 2 aromatic heterocycles. The van der Waals surface area contributed by atoms with Gasteiger partial charge in [0, 0.05) is 25.9 Å². The molecule has 5 rings (SSSR count). The van der Waals surface area contributed by atoms with Crippen LogP contribution in [0.3, 0.4) is 0 Å². The topological polar surface area (TPSA) is 60.0 Å².